The Morgan fingerprint density at radius 1 is 1.14 bits per heavy atom. The maximum Gasteiger partial charge on any atom is 0.344 e. The zero-order valence-electron chi connectivity index (χ0n) is 15.4. The highest BCUT2D eigenvalue weighted by Gasteiger charge is 2.18. The van der Waals surface area contributed by atoms with Gasteiger partial charge in [-0.1, -0.05) is 18.2 Å². The van der Waals surface area contributed by atoms with Gasteiger partial charge >= 0.3 is 5.97 Å². The number of hydrogen-bond donors (Lipinski definition) is 1. The van der Waals surface area contributed by atoms with E-state index in [1.54, 1.807) is 6.07 Å². The summed E-state index contributed by atoms with van der Waals surface area (Å²) in [6.45, 7) is 1.24. The first-order valence-corrected chi connectivity index (χ1v) is 8.37. The maximum atomic E-state index is 12.1. The minimum absolute atomic E-state index is 0.0877. The summed E-state index contributed by atoms with van der Waals surface area (Å²) < 4.78 is 15.4. The van der Waals surface area contributed by atoms with Crippen LogP contribution in [0.1, 0.15) is 12.5 Å². The standard InChI is InChI=1S/C19H20N2O7/c1-13(19(23)20-11-14-5-3-4-6-17(14)26-2)28-18(22)12-27-16-9-7-15(8-10-16)21(24)25/h3-10,13H,11-12H2,1-2H3,(H,20,23)/t13-/m0/s1. The van der Waals surface area contributed by atoms with Crippen molar-refractivity contribution in [2.45, 2.75) is 19.6 Å². The van der Waals surface area contributed by atoms with E-state index in [2.05, 4.69) is 5.32 Å². The lowest BCUT2D eigenvalue weighted by molar-refractivity contribution is -0.384. The predicted octanol–water partition coefficient (Wildman–Crippen LogP) is 2.23. The normalized spacial score (nSPS) is 11.2. The molecule has 1 N–H and O–H groups in total. The van der Waals surface area contributed by atoms with Gasteiger partial charge in [0, 0.05) is 24.2 Å². The van der Waals surface area contributed by atoms with Gasteiger partial charge in [0.2, 0.25) is 0 Å². The molecule has 148 valence electrons. The Kier molecular flexibility index (Phi) is 7.32. The van der Waals surface area contributed by atoms with E-state index in [-0.39, 0.29) is 18.0 Å². The molecule has 0 radical (unpaired) electrons. The van der Waals surface area contributed by atoms with Gasteiger partial charge < -0.3 is 19.5 Å². The van der Waals surface area contributed by atoms with E-state index in [9.17, 15) is 19.7 Å². The third-order valence-corrected chi connectivity index (χ3v) is 3.73. The highest BCUT2D eigenvalue weighted by molar-refractivity contribution is 5.83. The number of nitro groups is 1. The van der Waals surface area contributed by atoms with Crippen LogP contribution in [0.2, 0.25) is 0 Å². The van der Waals surface area contributed by atoms with Crippen molar-refractivity contribution in [3.63, 3.8) is 0 Å². The number of non-ortho nitro benzene ring substituents is 1. The smallest absolute Gasteiger partial charge is 0.344 e. The molecule has 0 saturated carbocycles. The molecule has 28 heavy (non-hydrogen) atoms. The zero-order valence-corrected chi connectivity index (χ0v) is 15.4. The topological polar surface area (TPSA) is 117 Å². The molecule has 0 heterocycles. The van der Waals surface area contributed by atoms with Crippen LogP contribution in [0.5, 0.6) is 11.5 Å². The Morgan fingerprint density at radius 3 is 2.46 bits per heavy atom. The molecule has 0 unspecified atom stereocenters. The number of esters is 1. The summed E-state index contributed by atoms with van der Waals surface area (Å²) in [5, 5.41) is 13.3. The molecular weight excluding hydrogens is 368 g/mol. The van der Waals surface area contributed by atoms with Crippen molar-refractivity contribution < 1.29 is 28.7 Å². The fourth-order valence-electron chi connectivity index (χ4n) is 2.27. The van der Waals surface area contributed by atoms with Crippen molar-refractivity contribution in [2.24, 2.45) is 0 Å². The molecule has 0 spiro atoms. The summed E-state index contributed by atoms with van der Waals surface area (Å²) in [6.07, 6.45) is -1.01. The summed E-state index contributed by atoms with van der Waals surface area (Å²) >= 11 is 0. The SMILES string of the molecule is COc1ccccc1CNC(=O)[C@H](C)OC(=O)COc1ccc([N+](=O)[O-])cc1. The van der Waals surface area contributed by atoms with E-state index in [0.717, 1.165) is 5.56 Å². The number of hydrogen-bond acceptors (Lipinski definition) is 7. The minimum Gasteiger partial charge on any atom is -0.496 e. The summed E-state index contributed by atoms with van der Waals surface area (Å²) in [6, 6.07) is 12.5. The second-order valence-corrected chi connectivity index (χ2v) is 5.70. The van der Waals surface area contributed by atoms with E-state index < -0.39 is 29.5 Å². The predicted molar refractivity (Wildman–Crippen MR) is 99.0 cm³/mol. The van der Waals surface area contributed by atoms with Gasteiger partial charge in [-0.25, -0.2) is 4.79 Å². The van der Waals surface area contributed by atoms with Crippen LogP contribution in [0.3, 0.4) is 0 Å². The van der Waals surface area contributed by atoms with Crippen molar-refractivity contribution in [1.82, 2.24) is 5.32 Å². The molecule has 0 aliphatic carbocycles. The number of amides is 1. The number of nitro benzene ring substituents is 1. The summed E-state index contributed by atoms with van der Waals surface area (Å²) in [7, 11) is 1.54. The van der Waals surface area contributed by atoms with Crippen LogP contribution in [0.4, 0.5) is 5.69 Å². The third-order valence-electron chi connectivity index (χ3n) is 3.73. The molecule has 0 fully saturated rings. The van der Waals surface area contributed by atoms with E-state index >= 15 is 0 Å². The van der Waals surface area contributed by atoms with Gasteiger partial charge in [-0.15, -0.1) is 0 Å². The number of nitrogens with one attached hydrogen (secondary N) is 1. The van der Waals surface area contributed by atoms with Crippen molar-refractivity contribution in [3.05, 3.63) is 64.2 Å². The first-order chi connectivity index (χ1) is 13.4. The average Bonchev–Trinajstić information content (AvgIpc) is 2.70. The van der Waals surface area contributed by atoms with Crippen molar-refractivity contribution in [3.8, 4) is 11.5 Å². The Morgan fingerprint density at radius 2 is 1.82 bits per heavy atom. The molecule has 9 heteroatoms. The Hall–Kier alpha value is -3.62. The zero-order chi connectivity index (χ0) is 20.5. The molecule has 9 nitrogen and oxygen atoms in total. The number of carbonyl (C=O) groups is 2. The summed E-state index contributed by atoms with van der Waals surface area (Å²) in [4.78, 5) is 34.0. The van der Waals surface area contributed by atoms with Crippen LogP contribution in [0.25, 0.3) is 0 Å². The lowest BCUT2D eigenvalue weighted by Crippen LogP contribution is -2.36. The fraction of sp³-hybridized carbons (Fsp3) is 0.263. The van der Waals surface area contributed by atoms with E-state index in [4.69, 9.17) is 14.2 Å². The molecule has 1 amide bonds. The van der Waals surface area contributed by atoms with Crippen LogP contribution < -0.4 is 14.8 Å². The largest absolute Gasteiger partial charge is 0.496 e. The molecule has 2 rings (SSSR count). The van der Waals surface area contributed by atoms with E-state index in [0.29, 0.717) is 5.75 Å². The molecular formula is C19H20N2O7. The molecule has 1 atom stereocenters. The number of methoxy groups -OCH3 is 1. The van der Waals surface area contributed by atoms with Crippen molar-refractivity contribution >= 4 is 17.6 Å². The lowest BCUT2D eigenvalue weighted by atomic mass is 10.2. The monoisotopic (exact) mass is 388 g/mol. The number of nitrogens with zero attached hydrogens (tertiary/aromatic N) is 1. The Bertz CT molecular complexity index is 836. The first-order valence-electron chi connectivity index (χ1n) is 8.37. The van der Waals surface area contributed by atoms with Gasteiger partial charge in [0.1, 0.15) is 11.5 Å². The van der Waals surface area contributed by atoms with Crippen LogP contribution in [-0.4, -0.2) is 36.6 Å². The van der Waals surface area contributed by atoms with Crippen molar-refractivity contribution in [2.75, 3.05) is 13.7 Å². The maximum absolute atomic E-state index is 12.1. The van der Waals surface area contributed by atoms with Gasteiger partial charge in [-0.2, -0.15) is 0 Å². The number of benzene rings is 2. The highest BCUT2D eigenvalue weighted by Crippen LogP contribution is 2.18. The highest BCUT2D eigenvalue weighted by atomic mass is 16.6. The molecule has 0 aromatic heterocycles. The Labute approximate surface area is 161 Å². The van der Waals surface area contributed by atoms with E-state index in [1.807, 2.05) is 18.2 Å². The van der Waals surface area contributed by atoms with Crippen LogP contribution in [0.15, 0.2) is 48.5 Å². The second kappa shape index (κ2) is 9.91. The molecule has 0 bridgehead atoms. The van der Waals surface area contributed by atoms with Crippen LogP contribution in [0, 0.1) is 10.1 Å². The molecule has 0 aliphatic rings. The lowest BCUT2D eigenvalue weighted by Gasteiger charge is -2.15. The average molecular weight is 388 g/mol. The number of carbonyl (C=O) groups excluding carboxylic acids is 2. The van der Waals surface area contributed by atoms with E-state index in [1.165, 1.54) is 38.3 Å². The Balaban J connectivity index is 1.77. The number of para-hydroxylation sites is 1. The first kappa shape index (κ1) is 20.7. The van der Waals surface area contributed by atoms with Gasteiger partial charge in [0.15, 0.2) is 12.7 Å². The fourth-order valence-corrected chi connectivity index (χ4v) is 2.27. The third kappa shape index (κ3) is 5.97. The number of ether oxygens (including phenoxy) is 3. The number of rotatable bonds is 9. The van der Waals surface area contributed by atoms with Gasteiger partial charge in [0.05, 0.1) is 12.0 Å². The van der Waals surface area contributed by atoms with Crippen LogP contribution >= 0.6 is 0 Å². The van der Waals surface area contributed by atoms with Gasteiger partial charge in [-0.05, 0) is 25.1 Å². The second-order valence-electron chi connectivity index (χ2n) is 5.70. The van der Waals surface area contributed by atoms with Gasteiger partial charge in [0.25, 0.3) is 11.6 Å². The molecule has 0 aliphatic heterocycles. The molecule has 2 aromatic carbocycles. The molecule has 0 saturated heterocycles. The van der Waals surface area contributed by atoms with Gasteiger partial charge in [-0.3, -0.25) is 14.9 Å². The van der Waals surface area contributed by atoms with Crippen molar-refractivity contribution in [1.29, 1.82) is 0 Å². The quantitative estimate of drug-likeness (QED) is 0.398. The molecule has 2 aromatic rings. The minimum atomic E-state index is -1.01. The van der Waals surface area contributed by atoms with Crippen LogP contribution in [-0.2, 0) is 20.9 Å². The summed E-state index contributed by atoms with van der Waals surface area (Å²) in [5.41, 5.74) is 0.702. The summed E-state index contributed by atoms with van der Waals surface area (Å²) in [5.74, 6) is -0.285.